The summed E-state index contributed by atoms with van der Waals surface area (Å²) in [7, 11) is -4.67. The molecule has 0 aliphatic heterocycles. The average Bonchev–Trinajstić information content (AvgIpc) is 2.29. The standard InChI is InChI=1S/C11H15NO2.H2O4S/c1-2-14-11(13)10(8-12)9-6-4-3-5-7-9;1-5(2,3)4/h3-7,10H,2,8,12H2,1H3;(H2,1,2,3,4). The van der Waals surface area contributed by atoms with Crippen LogP contribution >= 0.6 is 0 Å². The van der Waals surface area contributed by atoms with E-state index < -0.39 is 10.4 Å². The van der Waals surface area contributed by atoms with E-state index in [0.717, 1.165) is 5.56 Å². The molecule has 4 N–H and O–H groups in total. The van der Waals surface area contributed by atoms with E-state index in [0.29, 0.717) is 6.61 Å². The molecule has 0 aliphatic carbocycles. The van der Waals surface area contributed by atoms with Gasteiger partial charge in [-0.1, -0.05) is 30.3 Å². The molecule has 8 heteroatoms. The van der Waals surface area contributed by atoms with Crippen molar-refractivity contribution in [3.8, 4) is 0 Å². The second-order valence-electron chi connectivity index (χ2n) is 3.40. The van der Waals surface area contributed by atoms with Crippen molar-refractivity contribution in [3.63, 3.8) is 0 Å². The maximum atomic E-state index is 11.5. The van der Waals surface area contributed by atoms with Crippen LogP contribution in [0.2, 0.25) is 0 Å². The zero-order valence-electron chi connectivity index (χ0n) is 10.4. The van der Waals surface area contributed by atoms with Crippen molar-refractivity contribution in [3.05, 3.63) is 35.9 Å². The van der Waals surface area contributed by atoms with Gasteiger partial charge in [0, 0.05) is 6.54 Å². The van der Waals surface area contributed by atoms with Gasteiger partial charge >= 0.3 is 16.4 Å². The van der Waals surface area contributed by atoms with E-state index >= 15 is 0 Å². The minimum Gasteiger partial charge on any atom is -0.465 e. The highest BCUT2D eigenvalue weighted by Gasteiger charge is 2.19. The van der Waals surface area contributed by atoms with Gasteiger partial charge in [0.15, 0.2) is 0 Å². The van der Waals surface area contributed by atoms with Gasteiger partial charge in [0.05, 0.1) is 12.5 Å². The van der Waals surface area contributed by atoms with Gasteiger partial charge in [0.2, 0.25) is 0 Å². The molecule has 0 heterocycles. The highest BCUT2D eigenvalue weighted by atomic mass is 32.3. The number of carbonyl (C=O) groups is 1. The molecule has 0 amide bonds. The van der Waals surface area contributed by atoms with Crippen molar-refractivity contribution in [1.29, 1.82) is 0 Å². The minimum atomic E-state index is -4.67. The Labute approximate surface area is 112 Å². The molecule has 1 atom stereocenters. The third-order valence-corrected chi connectivity index (χ3v) is 2.01. The fraction of sp³-hybridized carbons (Fsp3) is 0.364. The van der Waals surface area contributed by atoms with E-state index in [2.05, 4.69) is 0 Å². The third-order valence-electron chi connectivity index (χ3n) is 2.01. The van der Waals surface area contributed by atoms with Crippen LogP contribution in [-0.2, 0) is 19.9 Å². The Morgan fingerprint density at radius 2 is 1.79 bits per heavy atom. The largest absolute Gasteiger partial charge is 0.465 e. The number of hydrogen-bond acceptors (Lipinski definition) is 5. The Morgan fingerprint density at radius 1 is 1.32 bits per heavy atom. The maximum absolute atomic E-state index is 11.5. The van der Waals surface area contributed by atoms with Crippen LogP contribution in [0.15, 0.2) is 30.3 Å². The fourth-order valence-corrected chi connectivity index (χ4v) is 1.30. The van der Waals surface area contributed by atoms with Crippen LogP contribution in [0.25, 0.3) is 0 Å². The van der Waals surface area contributed by atoms with E-state index in [1.807, 2.05) is 30.3 Å². The van der Waals surface area contributed by atoms with Gasteiger partial charge in [-0.15, -0.1) is 0 Å². The summed E-state index contributed by atoms with van der Waals surface area (Å²) in [5.41, 5.74) is 6.45. The summed E-state index contributed by atoms with van der Waals surface area (Å²) in [6.45, 7) is 2.46. The normalized spacial score (nSPS) is 12.0. The van der Waals surface area contributed by atoms with Crippen molar-refractivity contribution < 1.29 is 27.1 Å². The fourth-order valence-electron chi connectivity index (χ4n) is 1.30. The van der Waals surface area contributed by atoms with Gasteiger partial charge in [-0.05, 0) is 12.5 Å². The van der Waals surface area contributed by atoms with Crippen LogP contribution in [-0.4, -0.2) is 36.6 Å². The number of rotatable bonds is 4. The minimum absolute atomic E-state index is 0.249. The Bertz CT molecular complexity index is 465. The highest BCUT2D eigenvalue weighted by molar-refractivity contribution is 7.79. The first-order chi connectivity index (χ1) is 8.79. The summed E-state index contributed by atoms with van der Waals surface area (Å²) in [6, 6.07) is 9.44. The first-order valence-corrected chi connectivity index (χ1v) is 6.80. The Hall–Kier alpha value is -1.48. The zero-order chi connectivity index (χ0) is 14.9. The molecule has 0 bridgehead atoms. The quantitative estimate of drug-likeness (QED) is 0.548. The first kappa shape index (κ1) is 17.5. The molecule has 0 fully saturated rings. The summed E-state index contributed by atoms with van der Waals surface area (Å²) < 4.78 is 36.5. The van der Waals surface area contributed by atoms with E-state index in [9.17, 15) is 4.79 Å². The summed E-state index contributed by atoms with van der Waals surface area (Å²) in [6.07, 6.45) is 0. The number of carbonyl (C=O) groups excluding carboxylic acids is 1. The second kappa shape index (κ2) is 8.59. The van der Waals surface area contributed by atoms with Crippen molar-refractivity contribution >= 4 is 16.4 Å². The first-order valence-electron chi connectivity index (χ1n) is 5.41. The molecule has 1 aromatic carbocycles. The number of hydrogen-bond donors (Lipinski definition) is 3. The number of benzene rings is 1. The summed E-state index contributed by atoms with van der Waals surface area (Å²) >= 11 is 0. The van der Waals surface area contributed by atoms with Gasteiger partial charge in [-0.2, -0.15) is 8.42 Å². The summed E-state index contributed by atoms with van der Waals surface area (Å²) in [4.78, 5) is 11.5. The predicted molar refractivity (Wildman–Crippen MR) is 69.0 cm³/mol. The van der Waals surface area contributed by atoms with E-state index in [1.54, 1.807) is 6.92 Å². The topological polar surface area (TPSA) is 127 Å². The molecule has 1 aromatic rings. The molecule has 0 aromatic heterocycles. The predicted octanol–water partition coefficient (Wildman–Crippen LogP) is 0.639. The van der Waals surface area contributed by atoms with Gasteiger partial charge in [0.1, 0.15) is 0 Å². The van der Waals surface area contributed by atoms with Crippen LogP contribution in [0.1, 0.15) is 18.4 Å². The SMILES string of the molecule is CCOC(=O)C(CN)c1ccccc1.O=S(=O)(O)O. The van der Waals surface area contributed by atoms with Crippen LogP contribution in [0.5, 0.6) is 0 Å². The second-order valence-corrected chi connectivity index (χ2v) is 4.29. The Morgan fingerprint density at radius 3 is 2.16 bits per heavy atom. The number of esters is 1. The molecule has 1 unspecified atom stereocenters. The van der Waals surface area contributed by atoms with Crippen LogP contribution in [0.4, 0.5) is 0 Å². The van der Waals surface area contributed by atoms with Crippen molar-refractivity contribution in [1.82, 2.24) is 0 Å². The lowest BCUT2D eigenvalue weighted by atomic mass is 10.00. The molecular formula is C11H17NO6S. The van der Waals surface area contributed by atoms with Crippen LogP contribution in [0.3, 0.4) is 0 Å². The van der Waals surface area contributed by atoms with E-state index in [4.69, 9.17) is 28.0 Å². The van der Waals surface area contributed by atoms with Gasteiger partial charge in [0.25, 0.3) is 0 Å². The van der Waals surface area contributed by atoms with Crippen molar-refractivity contribution in [2.75, 3.05) is 13.2 Å². The Balaban J connectivity index is 0.000000555. The Kier molecular flexibility index (Phi) is 7.92. The van der Waals surface area contributed by atoms with Crippen LogP contribution in [0, 0.1) is 0 Å². The molecule has 0 saturated heterocycles. The molecule has 19 heavy (non-hydrogen) atoms. The summed E-state index contributed by atoms with van der Waals surface area (Å²) in [5, 5.41) is 0. The molecule has 0 saturated carbocycles. The zero-order valence-corrected chi connectivity index (χ0v) is 11.2. The third kappa shape index (κ3) is 9.14. The van der Waals surface area contributed by atoms with Gasteiger partial charge in [-0.3, -0.25) is 13.9 Å². The van der Waals surface area contributed by atoms with Gasteiger partial charge < -0.3 is 10.5 Å². The van der Waals surface area contributed by atoms with E-state index in [-0.39, 0.29) is 18.4 Å². The molecule has 0 aliphatic rings. The lowest BCUT2D eigenvalue weighted by Crippen LogP contribution is -2.23. The lowest BCUT2D eigenvalue weighted by molar-refractivity contribution is -0.144. The summed E-state index contributed by atoms with van der Waals surface area (Å²) in [5.74, 6) is -0.586. The highest BCUT2D eigenvalue weighted by Crippen LogP contribution is 2.15. The monoisotopic (exact) mass is 291 g/mol. The number of nitrogens with two attached hydrogens (primary N) is 1. The van der Waals surface area contributed by atoms with Gasteiger partial charge in [-0.25, -0.2) is 0 Å². The molecule has 7 nitrogen and oxygen atoms in total. The molecule has 0 spiro atoms. The molecular weight excluding hydrogens is 274 g/mol. The van der Waals surface area contributed by atoms with Crippen molar-refractivity contribution in [2.45, 2.75) is 12.8 Å². The van der Waals surface area contributed by atoms with Crippen molar-refractivity contribution in [2.24, 2.45) is 5.73 Å². The van der Waals surface area contributed by atoms with Crippen LogP contribution < -0.4 is 5.73 Å². The molecule has 1 rings (SSSR count). The average molecular weight is 291 g/mol. The molecule has 0 radical (unpaired) electrons. The number of ether oxygens (including phenoxy) is 1. The lowest BCUT2D eigenvalue weighted by Gasteiger charge is -2.13. The molecule has 108 valence electrons. The smallest absolute Gasteiger partial charge is 0.394 e. The van der Waals surface area contributed by atoms with E-state index in [1.165, 1.54) is 0 Å². The maximum Gasteiger partial charge on any atom is 0.394 e.